The van der Waals surface area contributed by atoms with Crippen molar-refractivity contribution in [3.63, 3.8) is 0 Å². The smallest absolute Gasteiger partial charge is 0.394 e. The van der Waals surface area contributed by atoms with Gasteiger partial charge in [-0.1, -0.05) is 51.9 Å². The molecule has 3 heterocycles. The second-order valence-electron chi connectivity index (χ2n) is 19.8. The summed E-state index contributed by atoms with van der Waals surface area (Å²) in [6.45, 7) is 4.04. The Bertz CT molecular complexity index is 2010. The zero-order chi connectivity index (χ0) is 53.8. The normalized spacial score (nSPS) is 33.8. The Labute approximate surface area is 426 Å². The Morgan fingerprint density at radius 1 is 0.808 bits per heavy atom. The quantitative estimate of drug-likeness (QED) is 0.0346. The monoisotopic (exact) mass is 1090 g/mol. The predicted octanol–water partition coefficient (Wildman–Crippen LogP) is -1.17. The van der Waals surface area contributed by atoms with Gasteiger partial charge in [-0.05, 0) is 57.3 Å². The highest BCUT2D eigenvalue weighted by Gasteiger charge is 2.53. The number of hydrogen-bond acceptors (Lipinski definition) is 21. The maximum atomic E-state index is 14.1. The summed E-state index contributed by atoms with van der Waals surface area (Å²) in [5.74, 6) is -3.23. The number of likely N-dealkylation sites (tertiary alicyclic amines) is 1. The number of carbonyl (C=O) groups excluding carboxylic acids is 4. The summed E-state index contributed by atoms with van der Waals surface area (Å²) in [6.07, 6.45) is -12.8. The third-order valence-corrected chi connectivity index (χ3v) is 15.3. The van der Waals surface area contributed by atoms with Gasteiger partial charge >= 0.3 is 20.8 Å². The molecule has 0 spiro atoms. The number of amides is 3. The van der Waals surface area contributed by atoms with E-state index in [1.807, 2.05) is 6.92 Å². The van der Waals surface area contributed by atoms with Gasteiger partial charge in [-0.15, -0.1) is 0 Å². The molecule has 0 bridgehead atoms. The molecule has 6 unspecified atom stereocenters. The van der Waals surface area contributed by atoms with Crippen molar-refractivity contribution >= 4 is 44.3 Å². The average molecular weight is 1090 g/mol. The van der Waals surface area contributed by atoms with E-state index in [4.69, 9.17) is 33.0 Å². The van der Waals surface area contributed by atoms with Gasteiger partial charge in [0.15, 0.2) is 18.7 Å². The maximum absolute atomic E-state index is 14.1. The minimum atomic E-state index is -5.34. The van der Waals surface area contributed by atoms with Crippen molar-refractivity contribution in [3.05, 3.63) is 0 Å². The molecule has 26 nitrogen and oxygen atoms in total. The molecule has 5 fully saturated rings. The Hall–Kier alpha value is -2.62. The molecule has 422 valence electrons. The van der Waals surface area contributed by atoms with Crippen molar-refractivity contribution in [2.45, 2.75) is 203 Å². The number of Topliss-reactive ketones (excluding diaryl/α,β-unsaturated/α-hetero) is 1. The second-order valence-corrected chi connectivity index (χ2v) is 21.9. The van der Waals surface area contributed by atoms with Gasteiger partial charge in [-0.3, -0.25) is 28.3 Å². The van der Waals surface area contributed by atoms with E-state index >= 15 is 0 Å². The number of methoxy groups -OCH3 is 1. The fourth-order valence-corrected chi connectivity index (χ4v) is 11.3. The summed E-state index contributed by atoms with van der Waals surface area (Å²) < 4.78 is 109. The van der Waals surface area contributed by atoms with Gasteiger partial charge in [0.05, 0.1) is 31.5 Å². The maximum Gasteiger partial charge on any atom is 0.398 e. The fourth-order valence-electron chi connectivity index (χ4n) is 10.4. The van der Waals surface area contributed by atoms with Crippen molar-refractivity contribution in [1.82, 2.24) is 15.5 Å². The van der Waals surface area contributed by atoms with E-state index in [1.54, 1.807) is 4.90 Å². The van der Waals surface area contributed by atoms with Crippen molar-refractivity contribution in [2.75, 3.05) is 40.0 Å². The number of rotatable bonds is 27. The number of aliphatic hydroxyl groups excluding tert-OH is 5. The Morgan fingerprint density at radius 2 is 1.49 bits per heavy atom. The Morgan fingerprint density at radius 3 is 2.08 bits per heavy atom. The Kier molecular flexibility index (Phi) is 23.6. The van der Waals surface area contributed by atoms with E-state index in [-0.39, 0.29) is 49.8 Å². The summed E-state index contributed by atoms with van der Waals surface area (Å²) >= 11 is 0. The number of nitrogens with zero attached hydrogens (tertiary/aromatic N) is 1. The lowest BCUT2D eigenvalue weighted by atomic mass is 9.74. The number of aliphatic hydroxyl groups is 5. The predicted molar refractivity (Wildman–Crippen MR) is 250 cm³/mol. The molecule has 3 saturated heterocycles. The molecule has 3 amide bonds. The van der Waals surface area contributed by atoms with Crippen LogP contribution in [-0.2, 0) is 76.8 Å². The van der Waals surface area contributed by atoms with E-state index in [2.05, 4.69) is 19.0 Å². The van der Waals surface area contributed by atoms with Gasteiger partial charge in [-0.2, -0.15) is 16.8 Å². The lowest BCUT2D eigenvalue weighted by Crippen LogP contribution is -2.67. The van der Waals surface area contributed by atoms with Gasteiger partial charge < -0.3 is 69.5 Å². The molecule has 0 radical (unpaired) electrons. The fraction of sp³-hybridized carbons (Fsp3) is 0.911. The highest BCUT2D eigenvalue weighted by atomic mass is 32.3. The zero-order valence-corrected chi connectivity index (χ0v) is 43.4. The van der Waals surface area contributed by atoms with Crippen LogP contribution in [0.1, 0.15) is 111 Å². The summed E-state index contributed by atoms with van der Waals surface area (Å²) in [6, 6.07) is -1.28. The highest BCUT2D eigenvalue weighted by Crippen LogP contribution is 2.41. The van der Waals surface area contributed by atoms with Crippen LogP contribution in [0.3, 0.4) is 0 Å². The van der Waals surface area contributed by atoms with E-state index in [0.717, 1.165) is 45.6 Å². The lowest BCUT2D eigenvalue weighted by Gasteiger charge is -2.49. The molecule has 0 aromatic heterocycles. The molecule has 73 heavy (non-hydrogen) atoms. The molecule has 5 rings (SSSR count). The highest BCUT2D eigenvalue weighted by molar-refractivity contribution is 7.81. The minimum Gasteiger partial charge on any atom is -0.394 e. The number of hydrogen-bond donors (Lipinski definition) is 9. The van der Waals surface area contributed by atoms with Crippen LogP contribution in [0.2, 0.25) is 0 Å². The summed E-state index contributed by atoms with van der Waals surface area (Å²) in [7, 11) is -9.53. The van der Waals surface area contributed by atoms with Crippen LogP contribution in [0.4, 0.5) is 0 Å². The molecule has 3 aliphatic heterocycles. The number of unbranched alkanes of at least 4 members (excludes halogenated alkanes) is 2. The number of ether oxygens (including phenoxy) is 6. The van der Waals surface area contributed by atoms with Crippen molar-refractivity contribution in [3.8, 4) is 0 Å². The molecule has 0 aromatic rings. The van der Waals surface area contributed by atoms with Crippen LogP contribution in [0.5, 0.6) is 0 Å². The first-order valence-corrected chi connectivity index (χ1v) is 27.9. The lowest BCUT2D eigenvalue weighted by molar-refractivity contribution is -0.338. The topological polar surface area (TPSA) is 379 Å². The van der Waals surface area contributed by atoms with Crippen molar-refractivity contribution in [2.24, 2.45) is 17.8 Å². The van der Waals surface area contributed by atoms with Crippen LogP contribution >= 0.6 is 0 Å². The van der Waals surface area contributed by atoms with Gasteiger partial charge in [-0.25, -0.2) is 8.37 Å². The zero-order valence-electron chi connectivity index (χ0n) is 41.8. The van der Waals surface area contributed by atoms with E-state index < -0.39 is 150 Å². The van der Waals surface area contributed by atoms with Crippen LogP contribution in [0, 0.1) is 17.8 Å². The summed E-state index contributed by atoms with van der Waals surface area (Å²) in [5, 5.41) is 59.7. The minimum absolute atomic E-state index is 0.0225. The SMILES string of the molecule is CCC1CC(C(=O)CCCCCNC(=O)[C@@H](OS(=O)(=O)O)[C@@H](COC)OS(=O)(=O)O)C[C@@H](O[C@@H]2O[C@@H](CO)[C@H](O)C(O[C@@H](CC3CCCCC3)C(=O)N3CCC3)C2NC(C)=O)[C@@H]1O[C@@H]1OC(C)[C@@H](O)[C@H](O)C1O. The van der Waals surface area contributed by atoms with Crippen LogP contribution < -0.4 is 10.6 Å². The Balaban J connectivity index is 1.34. The molecular weight excluding hydrogens is 1010 g/mol. The van der Waals surface area contributed by atoms with E-state index in [9.17, 15) is 66.1 Å². The summed E-state index contributed by atoms with van der Waals surface area (Å²) in [5.41, 5.74) is 0. The van der Waals surface area contributed by atoms with Crippen LogP contribution in [-0.4, -0.2) is 212 Å². The third kappa shape index (κ3) is 17.7. The number of ketones is 1. The van der Waals surface area contributed by atoms with E-state index in [0.29, 0.717) is 38.8 Å². The van der Waals surface area contributed by atoms with Crippen molar-refractivity contribution < 1.29 is 107 Å². The third-order valence-electron chi connectivity index (χ3n) is 14.4. The molecular formula is C45H77N3O23S2. The van der Waals surface area contributed by atoms with Gasteiger partial charge in [0.25, 0.3) is 11.8 Å². The second kappa shape index (κ2) is 28.1. The van der Waals surface area contributed by atoms with Gasteiger partial charge in [0, 0.05) is 46.0 Å². The van der Waals surface area contributed by atoms with Crippen molar-refractivity contribution in [1.29, 1.82) is 0 Å². The molecule has 28 heteroatoms. The first kappa shape index (κ1) is 61.2. The number of carbonyl (C=O) groups is 4. The largest absolute Gasteiger partial charge is 0.398 e. The molecule has 17 atom stereocenters. The van der Waals surface area contributed by atoms with Crippen LogP contribution in [0.25, 0.3) is 0 Å². The van der Waals surface area contributed by atoms with Gasteiger partial charge in [0.2, 0.25) is 5.91 Å². The first-order chi connectivity index (χ1) is 34.4. The average Bonchev–Trinajstić information content (AvgIpc) is 3.30. The molecule has 2 saturated carbocycles. The first-order valence-electron chi connectivity index (χ1n) is 25.2. The molecule has 9 N–H and O–H groups in total. The molecule has 2 aliphatic carbocycles. The standard InChI is InChI=1S/C45H77N3O23S2/c1-5-27-20-28(29(51)15-10-7-11-16-46-42(56)40(71-73(61,62)63)33(23-64-4)70-72(58,59)60)21-30(39(27)69-45-38(55)37(54)35(52)24(2)65-45)67-44-34(47-25(3)50)41(36(53)32(22-49)68-44)66-31(43(57)48-17-12-18-48)19-26-13-8-6-9-14-26/h24,26-28,30-41,44-45,49,52-55H,5-23H2,1-4H3,(H,46,56)(H,47,50)(H,58,59,60)(H,61,62,63)/t24?,27?,28?,30-,31+,32+,33-,34?,35-,36+,37+,38?,39-,40+,41?,44-,45+/m1/s1. The number of nitrogens with one attached hydrogen (secondary N) is 2. The molecule has 5 aliphatic rings. The van der Waals surface area contributed by atoms with Gasteiger partial charge in [0.1, 0.15) is 60.7 Å². The molecule has 0 aromatic carbocycles. The van der Waals surface area contributed by atoms with Crippen LogP contribution in [0.15, 0.2) is 0 Å². The van der Waals surface area contributed by atoms with E-state index in [1.165, 1.54) is 13.8 Å². The summed E-state index contributed by atoms with van der Waals surface area (Å²) in [4.78, 5) is 55.7.